The highest BCUT2D eigenvalue weighted by atomic mass is 19.1. The molecule has 0 radical (unpaired) electrons. The average Bonchev–Trinajstić information content (AvgIpc) is 2.95. The summed E-state index contributed by atoms with van der Waals surface area (Å²) in [5.41, 5.74) is 1.83. The summed E-state index contributed by atoms with van der Waals surface area (Å²) in [7, 11) is 0. The summed E-state index contributed by atoms with van der Waals surface area (Å²) in [6, 6.07) is 9.42. The van der Waals surface area contributed by atoms with Crippen molar-refractivity contribution in [3.63, 3.8) is 0 Å². The summed E-state index contributed by atoms with van der Waals surface area (Å²) in [6.07, 6.45) is 0.0477. The highest BCUT2D eigenvalue weighted by Crippen LogP contribution is 2.35. The number of aliphatic hydroxyl groups is 1. The van der Waals surface area contributed by atoms with E-state index in [2.05, 4.69) is 5.32 Å². The highest BCUT2D eigenvalue weighted by molar-refractivity contribution is 5.90. The van der Waals surface area contributed by atoms with Gasteiger partial charge in [0.2, 0.25) is 5.91 Å². The van der Waals surface area contributed by atoms with E-state index in [0.29, 0.717) is 5.56 Å². The molecule has 2 aromatic carbocycles. The van der Waals surface area contributed by atoms with Crippen LogP contribution in [-0.4, -0.2) is 23.3 Å². The summed E-state index contributed by atoms with van der Waals surface area (Å²) in [4.78, 5) is 24.6. The third kappa shape index (κ3) is 4.22. The molecule has 1 amide bonds. The molecule has 0 aliphatic carbocycles. The lowest BCUT2D eigenvalue weighted by molar-refractivity contribution is -0.127. The van der Waals surface area contributed by atoms with Gasteiger partial charge >= 0.3 is 0 Å². The van der Waals surface area contributed by atoms with Crippen LogP contribution in [0.25, 0.3) is 0 Å². The Labute approximate surface area is 156 Å². The molecular formula is C21H21F2NO3. The minimum absolute atomic E-state index is 0.0775. The topological polar surface area (TPSA) is 66.4 Å². The Balaban J connectivity index is 1.75. The SMILES string of the molecule is Cc1cc(F)c([C@@H]2CNC(=O)[C@H]2CC(=O)Cc2ccc(CO)cc2)c(F)c1. The first-order valence-corrected chi connectivity index (χ1v) is 8.82. The first kappa shape index (κ1) is 19.2. The Morgan fingerprint density at radius 2 is 1.74 bits per heavy atom. The minimum Gasteiger partial charge on any atom is -0.392 e. The molecule has 0 bridgehead atoms. The number of carbonyl (C=O) groups excluding carboxylic acids is 2. The summed E-state index contributed by atoms with van der Waals surface area (Å²) in [5, 5.41) is 11.7. The number of carbonyl (C=O) groups is 2. The van der Waals surface area contributed by atoms with Gasteiger partial charge in [0.05, 0.1) is 12.5 Å². The van der Waals surface area contributed by atoms with Crippen molar-refractivity contribution >= 4 is 11.7 Å². The van der Waals surface area contributed by atoms with Crippen molar-refractivity contribution in [1.82, 2.24) is 5.32 Å². The van der Waals surface area contributed by atoms with Gasteiger partial charge in [0.15, 0.2) is 0 Å². The largest absolute Gasteiger partial charge is 0.392 e. The molecule has 0 unspecified atom stereocenters. The molecule has 1 aliphatic rings. The van der Waals surface area contributed by atoms with Gasteiger partial charge in [0.25, 0.3) is 0 Å². The van der Waals surface area contributed by atoms with Gasteiger partial charge in [-0.05, 0) is 35.7 Å². The fourth-order valence-corrected chi connectivity index (χ4v) is 3.58. The van der Waals surface area contributed by atoms with Crippen LogP contribution in [0, 0.1) is 24.5 Å². The standard InChI is InChI=1S/C21H21F2NO3/c1-12-6-18(22)20(19(23)7-12)17-10-24-21(27)16(17)9-15(26)8-13-2-4-14(11-25)5-3-13/h2-7,16-17,25H,8-11H2,1H3,(H,24,27)/t16-,17+/m0/s1. The van der Waals surface area contributed by atoms with Gasteiger partial charge in [-0.3, -0.25) is 9.59 Å². The summed E-state index contributed by atoms with van der Waals surface area (Å²) >= 11 is 0. The van der Waals surface area contributed by atoms with Crippen molar-refractivity contribution in [1.29, 1.82) is 0 Å². The van der Waals surface area contributed by atoms with E-state index in [-0.39, 0.29) is 43.2 Å². The second-order valence-electron chi connectivity index (χ2n) is 6.99. The maximum absolute atomic E-state index is 14.3. The van der Waals surface area contributed by atoms with Crippen LogP contribution in [0.15, 0.2) is 36.4 Å². The van der Waals surface area contributed by atoms with Crippen LogP contribution in [0.5, 0.6) is 0 Å². The zero-order valence-electron chi connectivity index (χ0n) is 15.0. The Morgan fingerprint density at radius 1 is 1.15 bits per heavy atom. The van der Waals surface area contributed by atoms with Crippen molar-refractivity contribution in [2.45, 2.75) is 32.3 Å². The second kappa shape index (κ2) is 7.96. The molecule has 1 fully saturated rings. The van der Waals surface area contributed by atoms with E-state index >= 15 is 0 Å². The average molecular weight is 373 g/mol. The van der Waals surface area contributed by atoms with E-state index in [1.165, 1.54) is 12.1 Å². The molecule has 0 saturated carbocycles. The van der Waals surface area contributed by atoms with E-state index in [9.17, 15) is 18.4 Å². The van der Waals surface area contributed by atoms with Crippen molar-refractivity contribution in [2.75, 3.05) is 6.54 Å². The number of Topliss-reactive ketones (excluding diaryl/α,β-unsaturated/α-hetero) is 1. The Morgan fingerprint density at radius 3 is 2.33 bits per heavy atom. The second-order valence-corrected chi connectivity index (χ2v) is 6.99. The molecule has 1 aliphatic heterocycles. The first-order chi connectivity index (χ1) is 12.9. The van der Waals surface area contributed by atoms with Crippen molar-refractivity contribution in [3.8, 4) is 0 Å². The van der Waals surface area contributed by atoms with E-state index in [4.69, 9.17) is 5.11 Å². The predicted molar refractivity (Wildman–Crippen MR) is 96.0 cm³/mol. The van der Waals surface area contributed by atoms with Crippen LogP contribution >= 0.6 is 0 Å². The van der Waals surface area contributed by atoms with Crippen LogP contribution in [0.1, 0.15) is 34.6 Å². The molecule has 6 heteroatoms. The van der Waals surface area contributed by atoms with Gasteiger partial charge in [-0.1, -0.05) is 24.3 Å². The third-order valence-corrected chi connectivity index (χ3v) is 4.97. The molecule has 1 saturated heterocycles. The number of hydrogen-bond acceptors (Lipinski definition) is 3. The van der Waals surface area contributed by atoms with Gasteiger partial charge in [-0.15, -0.1) is 0 Å². The predicted octanol–water partition coefficient (Wildman–Crippen LogP) is 2.80. The smallest absolute Gasteiger partial charge is 0.224 e. The van der Waals surface area contributed by atoms with Crippen molar-refractivity contribution < 1.29 is 23.5 Å². The van der Waals surface area contributed by atoms with E-state index in [1.807, 2.05) is 0 Å². The van der Waals surface area contributed by atoms with Crippen LogP contribution in [-0.2, 0) is 22.6 Å². The summed E-state index contributed by atoms with van der Waals surface area (Å²) < 4.78 is 28.7. The molecule has 27 heavy (non-hydrogen) atoms. The molecule has 1 heterocycles. The zero-order chi connectivity index (χ0) is 19.6. The lowest BCUT2D eigenvalue weighted by atomic mass is 9.83. The Kier molecular flexibility index (Phi) is 5.65. The number of ketones is 1. The fourth-order valence-electron chi connectivity index (χ4n) is 3.58. The number of hydrogen-bond donors (Lipinski definition) is 2. The number of halogens is 2. The van der Waals surface area contributed by atoms with Crippen LogP contribution in [0.3, 0.4) is 0 Å². The first-order valence-electron chi connectivity index (χ1n) is 8.82. The maximum atomic E-state index is 14.3. The van der Waals surface area contributed by atoms with E-state index in [0.717, 1.165) is 11.1 Å². The molecule has 2 N–H and O–H groups in total. The van der Waals surface area contributed by atoms with Gasteiger partial charge in [0.1, 0.15) is 17.4 Å². The number of benzene rings is 2. The minimum atomic E-state index is -0.791. The molecule has 0 aromatic heterocycles. The van der Waals surface area contributed by atoms with E-state index in [1.54, 1.807) is 31.2 Å². The number of aliphatic hydroxyl groups excluding tert-OH is 1. The van der Waals surface area contributed by atoms with Crippen molar-refractivity contribution in [2.24, 2.45) is 5.92 Å². The number of nitrogens with one attached hydrogen (secondary N) is 1. The van der Waals surface area contributed by atoms with Gasteiger partial charge in [-0.2, -0.15) is 0 Å². The molecule has 142 valence electrons. The highest BCUT2D eigenvalue weighted by Gasteiger charge is 2.39. The summed E-state index contributed by atoms with van der Waals surface area (Å²) in [5.74, 6) is -3.41. The fraction of sp³-hybridized carbons (Fsp3) is 0.333. The number of aryl methyl sites for hydroxylation is 1. The summed E-state index contributed by atoms with van der Waals surface area (Å²) in [6.45, 7) is 1.63. The van der Waals surface area contributed by atoms with Crippen LogP contribution in [0.4, 0.5) is 8.78 Å². The normalized spacial score (nSPS) is 19.2. The monoisotopic (exact) mass is 373 g/mol. The van der Waals surface area contributed by atoms with Crippen LogP contribution < -0.4 is 5.32 Å². The molecule has 2 atom stereocenters. The van der Waals surface area contributed by atoms with Gasteiger partial charge < -0.3 is 10.4 Å². The third-order valence-electron chi connectivity index (χ3n) is 4.97. The quantitative estimate of drug-likeness (QED) is 0.818. The number of rotatable bonds is 6. The van der Waals surface area contributed by atoms with E-state index < -0.39 is 23.5 Å². The van der Waals surface area contributed by atoms with Gasteiger partial charge in [-0.25, -0.2) is 8.78 Å². The van der Waals surface area contributed by atoms with Gasteiger partial charge in [0, 0.05) is 30.9 Å². The lowest BCUT2D eigenvalue weighted by Gasteiger charge is -2.18. The lowest BCUT2D eigenvalue weighted by Crippen LogP contribution is -2.23. The Bertz CT molecular complexity index is 841. The maximum Gasteiger partial charge on any atom is 0.224 e. The molecule has 3 rings (SSSR count). The zero-order valence-corrected chi connectivity index (χ0v) is 15.0. The molecular weight excluding hydrogens is 352 g/mol. The molecule has 4 nitrogen and oxygen atoms in total. The number of amides is 1. The molecule has 0 spiro atoms. The Hall–Kier alpha value is -2.60. The van der Waals surface area contributed by atoms with Crippen molar-refractivity contribution in [3.05, 3.63) is 70.3 Å². The van der Waals surface area contributed by atoms with Crippen LogP contribution in [0.2, 0.25) is 0 Å². The molecule has 2 aromatic rings.